The van der Waals surface area contributed by atoms with Crippen LogP contribution in [0.1, 0.15) is 22.0 Å². The van der Waals surface area contributed by atoms with E-state index in [9.17, 15) is 9.59 Å². The van der Waals surface area contributed by atoms with E-state index in [0.717, 1.165) is 0 Å². The fraction of sp³-hybridized carbons (Fsp3) is 0.0667. The molecule has 1 atom stereocenters. The highest BCUT2D eigenvalue weighted by atomic mass is 35.5. The maximum atomic E-state index is 12.1. The molecule has 0 aliphatic heterocycles. The van der Waals surface area contributed by atoms with Gasteiger partial charge in [0.05, 0.1) is 0 Å². The lowest BCUT2D eigenvalue weighted by Crippen LogP contribution is -2.37. The normalized spacial score (nSPS) is 11.7. The number of benzene rings is 2. The SMILES string of the molecule is NC(=O)C(NC(=O)c1cccc(Cl)c1)c1ccccc1. The van der Waals surface area contributed by atoms with E-state index >= 15 is 0 Å². The van der Waals surface area contributed by atoms with Crippen molar-refractivity contribution in [1.29, 1.82) is 0 Å². The first kappa shape index (κ1) is 14.1. The average Bonchev–Trinajstić information content (AvgIpc) is 2.45. The van der Waals surface area contributed by atoms with Gasteiger partial charge >= 0.3 is 0 Å². The van der Waals surface area contributed by atoms with Crippen molar-refractivity contribution >= 4 is 23.4 Å². The summed E-state index contributed by atoms with van der Waals surface area (Å²) in [5, 5.41) is 3.06. The molecule has 5 heteroatoms. The quantitative estimate of drug-likeness (QED) is 0.906. The number of nitrogens with two attached hydrogens (primary N) is 1. The van der Waals surface area contributed by atoms with Crippen molar-refractivity contribution in [1.82, 2.24) is 5.32 Å². The van der Waals surface area contributed by atoms with Crippen molar-refractivity contribution in [3.05, 3.63) is 70.7 Å². The van der Waals surface area contributed by atoms with Gasteiger partial charge in [-0.2, -0.15) is 0 Å². The fourth-order valence-electron chi connectivity index (χ4n) is 1.81. The third-order valence-electron chi connectivity index (χ3n) is 2.78. The van der Waals surface area contributed by atoms with Gasteiger partial charge < -0.3 is 11.1 Å². The van der Waals surface area contributed by atoms with Gasteiger partial charge in [0.2, 0.25) is 5.91 Å². The largest absolute Gasteiger partial charge is 0.368 e. The van der Waals surface area contributed by atoms with Crippen LogP contribution in [0.4, 0.5) is 0 Å². The van der Waals surface area contributed by atoms with E-state index in [1.165, 1.54) is 6.07 Å². The second-order valence-electron chi connectivity index (χ2n) is 4.23. The van der Waals surface area contributed by atoms with Crippen molar-refractivity contribution < 1.29 is 9.59 Å². The molecule has 3 N–H and O–H groups in total. The standard InChI is InChI=1S/C15H13ClN2O2/c16-12-8-4-7-11(9-12)15(20)18-13(14(17)19)10-5-2-1-3-6-10/h1-9,13H,(H2,17,19)(H,18,20). The first-order valence-electron chi connectivity index (χ1n) is 5.98. The summed E-state index contributed by atoms with van der Waals surface area (Å²) in [4.78, 5) is 23.6. The third kappa shape index (κ3) is 3.36. The molecule has 2 amide bonds. The lowest BCUT2D eigenvalue weighted by atomic mass is 10.1. The smallest absolute Gasteiger partial charge is 0.252 e. The Kier molecular flexibility index (Phi) is 4.38. The van der Waals surface area contributed by atoms with Gasteiger partial charge in [0.1, 0.15) is 6.04 Å². The Morgan fingerprint density at radius 1 is 1.05 bits per heavy atom. The number of amides is 2. The Morgan fingerprint density at radius 3 is 2.35 bits per heavy atom. The minimum absolute atomic E-state index is 0.375. The van der Waals surface area contributed by atoms with Gasteiger partial charge in [-0.05, 0) is 23.8 Å². The van der Waals surface area contributed by atoms with E-state index in [-0.39, 0.29) is 0 Å². The number of rotatable bonds is 4. The van der Waals surface area contributed by atoms with Crippen molar-refractivity contribution in [2.75, 3.05) is 0 Å². The average molecular weight is 289 g/mol. The van der Waals surface area contributed by atoms with Crippen LogP contribution < -0.4 is 11.1 Å². The summed E-state index contributed by atoms with van der Waals surface area (Å²) in [5.74, 6) is -1.02. The summed E-state index contributed by atoms with van der Waals surface area (Å²) in [5.41, 5.74) is 6.35. The van der Waals surface area contributed by atoms with Crippen molar-refractivity contribution in [3.8, 4) is 0 Å². The summed E-state index contributed by atoms with van der Waals surface area (Å²) in [7, 11) is 0. The molecule has 0 saturated carbocycles. The summed E-state index contributed by atoms with van der Waals surface area (Å²) in [6.07, 6.45) is 0. The van der Waals surface area contributed by atoms with Gasteiger partial charge in [-0.1, -0.05) is 48.0 Å². The molecular formula is C15H13ClN2O2. The van der Waals surface area contributed by atoms with Crippen LogP contribution in [-0.4, -0.2) is 11.8 Å². The van der Waals surface area contributed by atoms with Crippen LogP contribution in [0.2, 0.25) is 5.02 Å². The molecule has 0 fully saturated rings. The minimum Gasteiger partial charge on any atom is -0.368 e. The Morgan fingerprint density at radius 2 is 1.75 bits per heavy atom. The molecule has 0 bridgehead atoms. The topological polar surface area (TPSA) is 72.2 Å². The molecule has 2 aromatic rings. The predicted octanol–water partition coefficient (Wildman–Crippen LogP) is 2.30. The fourth-order valence-corrected chi connectivity index (χ4v) is 2.00. The van der Waals surface area contributed by atoms with E-state index in [2.05, 4.69) is 5.32 Å². The highest BCUT2D eigenvalue weighted by Crippen LogP contribution is 2.15. The summed E-state index contributed by atoms with van der Waals surface area (Å²) in [6, 6.07) is 14.4. The van der Waals surface area contributed by atoms with Crippen molar-refractivity contribution in [3.63, 3.8) is 0 Å². The van der Waals surface area contributed by atoms with E-state index in [1.807, 2.05) is 6.07 Å². The van der Waals surface area contributed by atoms with Gasteiger partial charge in [0, 0.05) is 10.6 Å². The van der Waals surface area contributed by atoms with Crippen LogP contribution in [0.15, 0.2) is 54.6 Å². The van der Waals surface area contributed by atoms with Crippen LogP contribution >= 0.6 is 11.6 Å². The van der Waals surface area contributed by atoms with E-state index in [1.54, 1.807) is 42.5 Å². The monoisotopic (exact) mass is 288 g/mol. The molecule has 2 aromatic carbocycles. The highest BCUT2D eigenvalue weighted by molar-refractivity contribution is 6.31. The molecule has 20 heavy (non-hydrogen) atoms. The number of hydrogen-bond acceptors (Lipinski definition) is 2. The second kappa shape index (κ2) is 6.21. The number of hydrogen-bond donors (Lipinski definition) is 2. The van der Waals surface area contributed by atoms with Gasteiger partial charge in [0.25, 0.3) is 5.91 Å². The number of halogens is 1. The van der Waals surface area contributed by atoms with Crippen LogP contribution in [-0.2, 0) is 4.79 Å². The summed E-state index contributed by atoms with van der Waals surface area (Å²) in [6.45, 7) is 0. The maximum Gasteiger partial charge on any atom is 0.252 e. The van der Waals surface area contributed by atoms with Gasteiger partial charge in [0.15, 0.2) is 0 Å². The van der Waals surface area contributed by atoms with Crippen LogP contribution in [0.25, 0.3) is 0 Å². The van der Waals surface area contributed by atoms with E-state index in [4.69, 9.17) is 17.3 Å². The molecule has 0 radical (unpaired) electrons. The Hall–Kier alpha value is -2.33. The molecule has 0 aliphatic carbocycles. The summed E-state index contributed by atoms with van der Waals surface area (Å²) >= 11 is 5.83. The zero-order chi connectivity index (χ0) is 14.5. The van der Waals surface area contributed by atoms with Gasteiger partial charge in [-0.25, -0.2) is 0 Å². The van der Waals surface area contributed by atoms with Gasteiger partial charge in [-0.3, -0.25) is 9.59 Å². The number of nitrogens with one attached hydrogen (secondary N) is 1. The molecule has 4 nitrogen and oxygen atoms in total. The third-order valence-corrected chi connectivity index (χ3v) is 3.01. The maximum absolute atomic E-state index is 12.1. The van der Waals surface area contributed by atoms with Crippen LogP contribution in [0.5, 0.6) is 0 Å². The lowest BCUT2D eigenvalue weighted by molar-refractivity contribution is -0.120. The van der Waals surface area contributed by atoms with Gasteiger partial charge in [-0.15, -0.1) is 0 Å². The number of carbonyl (C=O) groups is 2. The highest BCUT2D eigenvalue weighted by Gasteiger charge is 2.20. The number of primary amides is 1. The van der Waals surface area contributed by atoms with Crippen molar-refractivity contribution in [2.45, 2.75) is 6.04 Å². The summed E-state index contributed by atoms with van der Waals surface area (Å²) < 4.78 is 0. The Bertz CT molecular complexity index is 629. The Labute approximate surface area is 121 Å². The van der Waals surface area contributed by atoms with Crippen molar-refractivity contribution in [2.24, 2.45) is 5.73 Å². The van der Waals surface area contributed by atoms with Crippen LogP contribution in [0.3, 0.4) is 0 Å². The minimum atomic E-state index is -0.873. The molecule has 0 aliphatic rings. The molecule has 0 saturated heterocycles. The number of carbonyl (C=O) groups excluding carboxylic acids is 2. The molecule has 1 unspecified atom stereocenters. The molecule has 2 rings (SSSR count). The molecule has 0 heterocycles. The second-order valence-corrected chi connectivity index (χ2v) is 4.67. The lowest BCUT2D eigenvalue weighted by Gasteiger charge is -2.16. The first-order chi connectivity index (χ1) is 9.58. The molecular weight excluding hydrogens is 276 g/mol. The predicted molar refractivity (Wildman–Crippen MR) is 77.3 cm³/mol. The molecule has 102 valence electrons. The molecule has 0 aromatic heterocycles. The van der Waals surface area contributed by atoms with Crippen LogP contribution in [0, 0.1) is 0 Å². The van der Waals surface area contributed by atoms with E-state index in [0.29, 0.717) is 16.1 Å². The zero-order valence-electron chi connectivity index (χ0n) is 10.5. The Balaban J connectivity index is 2.21. The molecule has 0 spiro atoms. The zero-order valence-corrected chi connectivity index (χ0v) is 11.3. The van der Waals surface area contributed by atoms with E-state index < -0.39 is 17.9 Å². The first-order valence-corrected chi connectivity index (χ1v) is 6.36.